The highest BCUT2D eigenvalue weighted by Gasteiger charge is 2.32. The van der Waals surface area contributed by atoms with Gasteiger partial charge in [-0.2, -0.15) is 0 Å². The first kappa shape index (κ1) is 14.5. The van der Waals surface area contributed by atoms with Gasteiger partial charge >= 0.3 is 0 Å². The van der Waals surface area contributed by atoms with Crippen LogP contribution < -0.4 is 0 Å². The highest BCUT2D eigenvalue weighted by atomic mass is 16.5. The molecule has 1 saturated heterocycles. The van der Waals surface area contributed by atoms with Crippen molar-refractivity contribution in [2.75, 3.05) is 26.3 Å². The van der Waals surface area contributed by atoms with Gasteiger partial charge in [-0.3, -0.25) is 4.90 Å². The molecular formula is C16H25NO2. The van der Waals surface area contributed by atoms with Crippen LogP contribution in [-0.4, -0.2) is 41.8 Å². The predicted molar refractivity (Wildman–Crippen MR) is 77.3 cm³/mol. The van der Waals surface area contributed by atoms with Crippen LogP contribution in [0.25, 0.3) is 0 Å². The fourth-order valence-corrected chi connectivity index (χ4v) is 2.74. The van der Waals surface area contributed by atoms with Gasteiger partial charge in [0, 0.05) is 18.6 Å². The summed E-state index contributed by atoms with van der Waals surface area (Å²) in [5.41, 5.74) is 3.43. The van der Waals surface area contributed by atoms with Crippen molar-refractivity contribution in [1.82, 2.24) is 4.90 Å². The maximum Gasteiger partial charge on any atom is 0.0919 e. The molecule has 0 aromatic heterocycles. The molecule has 1 aliphatic heterocycles. The quantitative estimate of drug-likeness (QED) is 0.909. The molecule has 1 atom stereocenters. The minimum atomic E-state index is -0.432. The number of morpholine rings is 1. The number of nitrogens with zero attached hydrogens (tertiary/aromatic N) is 1. The molecule has 1 aromatic rings. The maximum absolute atomic E-state index is 10.5. The summed E-state index contributed by atoms with van der Waals surface area (Å²) in [6.07, 6.45) is -0.432. The lowest BCUT2D eigenvalue weighted by Crippen LogP contribution is -2.54. The summed E-state index contributed by atoms with van der Waals surface area (Å²) in [7, 11) is 0. The Balaban J connectivity index is 2.09. The number of rotatable bonds is 3. The third-order valence-electron chi connectivity index (χ3n) is 3.99. The van der Waals surface area contributed by atoms with E-state index in [9.17, 15) is 5.11 Å². The second-order valence-electron chi connectivity index (χ2n) is 6.19. The molecule has 1 heterocycles. The Hall–Kier alpha value is -0.900. The molecule has 1 aliphatic rings. The number of β-amino-alcohol motifs (C(OH)–C–C–N with tert-alkyl or cyclic N) is 1. The Morgan fingerprint density at radius 1 is 1.37 bits per heavy atom. The number of aliphatic hydroxyl groups excluding tert-OH is 1. The molecule has 0 bridgehead atoms. The Labute approximate surface area is 116 Å². The van der Waals surface area contributed by atoms with Gasteiger partial charge in [-0.25, -0.2) is 0 Å². The molecule has 19 heavy (non-hydrogen) atoms. The monoisotopic (exact) mass is 263 g/mol. The maximum atomic E-state index is 10.5. The van der Waals surface area contributed by atoms with E-state index in [0.717, 1.165) is 25.3 Å². The molecule has 0 saturated carbocycles. The van der Waals surface area contributed by atoms with E-state index in [1.807, 2.05) is 6.07 Å². The fraction of sp³-hybridized carbons (Fsp3) is 0.625. The largest absolute Gasteiger partial charge is 0.387 e. The molecule has 3 heteroatoms. The van der Waals surface area contributed by atoms with Gasteiger partial charge in [0.25, 0.3) is 0 Å². The lowest BCUT2D eigenvalue weighted by Gasteiger charge is -2.43. The third kappa shape index (κ3) is 3.35. The molecule has 1 aromatic carbocycles. The summed E-state index contributed by atoms with van der Waals surface area (Å²) >= 11 is 0. The van der Waals surface area contributed by atoms with Crippen LogP contribution in [0, 0.1) is 13.8 Å². The Morgan fingerprint density at radius 3 is 2.74 bits per heavy atom. The van der Waals surface area contributed by atoms with E-state index in [0.29, 0.717) is 6.54 Å². The van der Waals surface area contributed by atoms with Crippen molar-refractivity contribution in [2.45, 2.75) is 39.3 Å². The first-order valence-corrected chi connectivity index (χ1v) is 6.98. The SMILES string of the molecule is Cc1ccc(C(O)CN2CCOCC2(C)C)c(C)c1. The van der Waals surface area contributed by atoms with E-state index in [2.05, 4.69) is 44.7 Å². The molecule has 2 rings (SSSR count). The number of hydrogen-bond donors (Lipinski definition) is 1. The number of hydrogen-bond acceptors (Lipinski definition) is 3. The van der Waals surface area contributed by atoms with Gasteiger partial charge < -0.3 is 9.84 Å². The van der Waals surface area contributed by atoms with Crippen molar-refractivity contribution in [1.29, 1.82) is 0 Å². The number of benzene rings is 1. The summed E-state index contributed by atoms with van der Waals surface area (Å²) < 4.78 is 5.52. The van der Waals surface area contributed by atoms with Crippen LogP contribution in [0.5, 0.6) is 0 Å². The fourth-order valence-electron chi connectivity index (χ4n) is 2.74. The van der Waals surface area contributed by atoms with Crippen LogP contribution >= 0.6 is 0 Å². The summed E-state index contributed by atoms with van der Waals surface area (Å²) in [4.78, 5) is 2.32. The Kier molecular flexibility index (Phi) is 4.29. The molecule has 106 valence electrons. The normalized spacial score (nSPS) is 21.3. The Bertz CT molecular complexity index is 442. The van der Waals surface area contributed by atoms with Crippen molar-refractivity contribution >= 4 is 0 Å². The van der Waals surface area contributed by atoms with Crippen LogP contribution in [0.15, 0.2) is 18.2 Å². The van der Waals surface area contributed by atoms with Crippen LogP contribution in [0.4, 0.5) is 0 Å². The number of aryl methyl sites for hydroxylation is 2. The van der Waals surface area contributed by atoms with E-state index in [4.69, 9.17) is 4.74 Å². The zero-order valence-electron chi connectivity index (χ0n) is 12.4. The van der Waals surface area contributed by atoms with Crippen molar-refractivity contribution in [3.63, 3.8) is 0 Å². The lowest BCUT2D eigenvalue weighted by atomic mass is 9.97. The van der Waals surface area contributed by atoms with E-state index >= 15 is 0 Å². The zero-order chi connectivity index (χ0) is 14.0. The summed E-state index contributed by atoms with van der Waals surface area (Å²) in [6.45, 7) is 11.5. The van der Waals surface area contributed by atoms with Crippen LogP contribution in [0.1, 0.15) is 36.6 Å². The standard InChI is InChI=1S/C16H25NO2/c1-12-5-6-14(13(2)9-12)15(18)10-17-7-8-19-11-16(17,3)4/h5-6,9,15,18H,7-8,10-11H2,1-4H3. The van der Waals surface area contributed by atoms with Gasteiger partial charge in [-0.15, -0.1) is 0 Å². The molecule has 0 spiro atoms. The van der Waals surface area contributed by atoms with Gasteiger partial charge in [-0.1, -0.05) is 23.8 Å². The summed E-state index contributed by atoms with van der Waals surface area (Å²) in [5, 5.41) is 10.5. The molecule has 1 N–H and O–H groups in total. The van der Waals surface area contributed by atoms with E-state index in [1.54, 1.807) is 0 Å². The molecule has 1 fully saturated rings. The third-order valence-corrected chi connectivity index (χ3v) is 3.99. The van der Waals surface area contributed by atoms with Gasteiger partial charge in [0.05, 0.1) is 19.3 Å². The molecule has 0 amide bonds. The second kappa shape index (κ2) is 5.61. The van der Waals surface area contributed by atoms with Crippen LogP contribution in [0.3, 0.4) is 0 Å². The first-order valence-electron chi connectivity index (χ1n) is 6.98. The van der Waals surface area contributed by atoms with Gasteiger partial charge in [0.1, 0.15) is 0 Å². The van der Waals surface area contributed by atoms with Crippen molar-refractivity contribution in [3.8, 4) is 0 Å². The first-order chi connectivity index (χ1) is 8.90. The van der Waals surface area contributed by atoms with Crippen LogP contribution in [0.2, 0.25) is 0 Å². The average Bonchev–Trinajstić information content (AvgIpc) is 2.31. The van der Waals surface area contributed by atoms with E-state index in [-0.39, 0.29) is 5.54 Å². The molecule has 0 aliphatic carbocycles. The highest BCUT2D eigenvalue weighted by Crippen LogP contribution is 2.25. The zero-order valence-corrected chi connectivity index (χ0v) is 12.4. The van der Waals surface area contributed by atoms with E-state index in [1.165, 1.54) is 11.1 Å². The minimum absolute atomic E-state index is 0.00215. The van der Waals surface area contributed by atoms with Gasteiger partial charge in [-0.05, 0) is 38.8 Å². The summed E-state index contributed by atoms with van der Waals surface area (Å²) in [6, 6.07) is 6.24. The molecule has 3 nitrogen and oxygen atoms in total. The van der Waals surface area contributed by atoms with Crippen molar-refractivity contribution in [2.24, 2.45) is 0 Å². The van der Waals surface area contributed by atoms with Crippen molar-refractivity contribution < 1.29 is 9.84 Å². The second-order valence-corrected chi connectivity index (χ2v) is 6.19. The molecular weight excluding hydrogens is 238 g/mol. The lowest BCUT2D eigenvalue weighted by molar-refractivity contribution is -0.0668. The van der Waals surface area contributed by atoms with Gasteiger partial charge in [0.2, 0.25) is 0 Å². The summed E-state index contributed by atoms with van der Waals surface area (Å²) in [5.74, 6) is 0. The van der Waals surface area contributed by atoms with Crippen LogP contribution in [-0.2, 0) is 4.74 Å². The van der Waals surface area contributed by atoms with E-state index < -0.39 is 6.10 Å². The minimum Gasteiger partial charge on any atom is -0.387 e. The highest BCUT2D eigenvalue weighted by molar-refractivity contribution is 5.32. The topological polar surface area (TPSA) is 32.7 Å². The van der Waals surface area contributed by atoms with Crippen molar-refractivity contribution in [3.05, 3.63) is 34.9 Å². The number of aliphatic hydroxyl groups is 1. The number of ether oxygens (including phenoxy) is 1. The smallest absolute Gasteiger partial charge is 0.0919 e. The predicted octanol–water partition coefficient (Wildman–Crippen LogP) is 2.45. The average molecular weight is 263 g/mol. The Morgan fingerprint density at radius 2 is 2.11 bits per heavy atom. The molecule has 1 unspecified atom stereocenters. The van der Waals surface area contributed by atoms with Gasteiger partial charge in [0.15, 0.2) is 0 Å². The molecule has 0 radical (unpaired) electrons.